The average Bonchev–Trinajstić information content (AvgIpc) is 2.69. The molecule has 0 radical (unpaired) electrons. The first-order valence-corrected chi connectivity index (χ1v) is 8.05. The van der Waals surface area contributed by atoms with E-state index in [0.717, 1.165) is 11.3 Å². The van der Waals surface area contributed by atoms with Crippen LogP contribution in [-0.2, 0) is 16.6 Å². The average molecular weight is 288 g/mol. The molecule has 0 spiro atoms. The van der Waals surface area contributed by atoms with E-state index in [2.05, 4.69) is 15.5 Å². The fourth-order valence-corrected chi connectivity index (χ4v) is 3.47. The van der Waals surface area contributed by atoms with Crippen molar-refractivity contribution in [3.63, 3.8) is 0 Å². The van der Waals surface area contributed by atoms with Crippen molar-refractivity contribution in [2.24, 2.45) is 0 Å². The third kappa shape index (κ3) is 3.55. The summed E-state index contributed by atoms with van der Waals surface area (Å²) in [5.74, 6) is 0. The first-order chi connectivity index (χ1) is 8.84. The highest BCUT2D eigenvalue weighted by molar-refractivity contribution is 7.89. The van der Waals surface area contributed by atoms with Crippen molar-refractivity contribution < 1.29 is 8.42 Å². The second-order valence-corrected chi connectivity index (χ2v) is 6.61. The molecule has 0 atom stereocenters. The van der Waals surface area contributed by atoms with Gasteiger partial charge in [0.15, 0.2) is 5.03 Å². The van der Waals surface area contributed by atoms with Crippen LogP contribution in [0.5, 0.6) is 0 Å². The summed E-state index contributed by atoms with van der Waals surface area (Å²) in [7, 11) is -3.51. The summed E-state index contributed by atoms with van der Waals surface area (Å²) in [4.78, 5) is 0. The molecule has 6 nitrogen and oxygen atoms in total. The normalized spacial score (nSPS) is 12.6. The van der Waals surface area contributed by atoms with Gasteiger partial charge in [0, 0.05) is 36.9 Å². The molecule has 19 heavy (non-hydrogen) atoms. The minimum Gasteiger partial charge on any atom is -0.310 e. The second kappa shape index (κ2) is 6.49. The Morgan fingerprint density at radius 3 is 2.37 bits per heavy atom. The summed E-state index contributed by atoms with van der Waals surface area (Å²) in [6.07, 6.45) is 0. The number of nitrogens with one attached hydrogen (secondary N) is 2. The zero-order chi connectivity index (χ0) is 14.6. The van der Waals surface area contributed by atoms with Gasteiger partial charge >= 0.3 is 0 Å². The van der Waals surface area contributed by atoms with Gasteiger partial charge in [-0.05, 0) is 6.92 Å². The van der Waals surface area contributed by atoms with Gasteiger partial charge in [0.25, 0.3) is 10.0 Å². The molecule has 0 aliphatic carbocycles. The fraction of sp³-hybridized carbons (Fsp3) is 0.750. The Bertz CT molecular complexity index is 504. The lowest BCUT2D eigenvalue weighted by atomic mass is 10.2. The molecule has 2 N–H and O–H groups in total. The minimum absolute atomic E-state index is 0.141. The van der Waals surface area contributed by atoms with Crippen LogP contribution in [0.3, 0.4) is 0 Å². The summed E-state index contributed by atoms with van der Waals surface area (Å²) in [6, 6.07) is 0.290. The SMILES string of the molecule is CCN(CC)S(=O)(=O)c1n[nH]c(C)c1CNC(C)C. The summed E-state index contributed by atoms with van der Waals surface area (Å²) in [5.41, 5.74) is 1.51. The highest BCUT2D eigenvalue weighted by Gasteiger charge is 2.28. The number of nitrogens with zero attached hydrogens (tertiary/aromatic N) is 2. The van der Waals surface area contributed by atoms with Gasteiger partial charge in [0.1, 0.15) is 0 Å². The molecule has 1 heterocycles. The summed E-state index contributed by atoms with van der Waals surface area (Å²) in [5, 5.41) is 10.1. The Balaban J connectivity index is 3.13. The molecular weight excluding hydrogens is 264 g/mol. The van der Waals surface area contributed by atoms with E-state index in [-0.39, 0.29) is 5.03 Å². The van der Waals surface area contributed by atoms with E-state index in [1.165, 1.54) is 4.31 Å². The molecule has 0 saturated carbocycles. The van der Waals surface area contributed by atoms with E-state index in [1.807, 2.05) is 34.6 Å². The highest BCUT2D eigenvalue weighted by atomic mass is 32.2. The van der Waals surface area contributed by atoms with Crippen LogP contribution >= 0.6 is 0 Å². The number of aromatic nitrogens is 2. The van der Waals surface area contributed by atoms with Gasteiger partial charge in [-0.2, -0.15) is 9.40 Å². The van der Waals surface area contributed by atoms with E-state index >= 15 is 0 Å². The van der Waals surface area contributed by atoms with Crippen molar-refractivity contribution >= 4 is 10.0 Å². The van der Waals surface area contributed by atoms with Crippen molar-refractivity contribution in [2.75, 3.05) is 13.1 Å². The Kier molecular flexibility index (Phi) is 5.51. The highest BCUT2D eigenvalue weighted by Crippen LogP contribution is 2.20. The largest absolute Gasteiger partial charge is 0.310 e. The van der Waals surface area contributed by atoms with Gasteiger partial charge in [-0.3, -0.25) is 5.10 Å². The molecule has 0 aliphatic heterocycles. The summed E-state index contributed by atoms with van der Waals surface area (Å²) < 4.78 is 26.4. The van der Waals surface area contributed by atoms with Gasteiger partial charge in [-0.15, -0.1) is 0 Å². The maximum Gasteiger partial charge on any atom is 0.262 e. The molecule has 0 saturated heterocycles. The van der Waals surface area contributed by atoms with Crippen molar-refractivity contribution in [1.82, 2.24) is 19.8 Å². The van der Waals surface area contributed by atoms with Crippen LogP contribution in [-0.4, -0.2) is 42.1 Å². The predicted molar refractivity (Wildman–Crippen MR) is 75.4 cm³/mol. The maximum atomic E-state index is 12.5. The number of sulfonamides is 1. The number of H-pyrrole nitrogens is 1. The van der Waals surface area contributed by atoms with Crippen LogP contribution in [0.4, 0.5) is 0 Å². The number of rotatable bonds is 7. The molecule has 0 amide bonds. The topological polar surface area (TPSA) is 78.1 Å². The first kappa shape index (κ1) is 16.1. The Morgan fingerprint density at radius 2 is 1.89 bits per heavy atom. The van der Waals surface area contributed by atoms with Gasteiger partial charge in [0.05, 0.1) is 0 Å². The zero-order valence-electron chi connectivity index (χ0n) is 12.3. The fourth-order valence-electron chi connectivity index (χ4n) is 1.84. The van der Waals surface area contributed by atoms with Gasteiger partial charge in [0.2, 0.25) is 0 Å². The van der Waals surface area contributed by atoms with Crippen molar-refractivity contribution in [1.29, 1.82) is 0 Å². The van der Waals surface area contributed by atoms with Crippen LogP contribution in [0.15, 0.2) is 5.03 Å². The Hall–Kier alpha value is -0.920. The van der Waals surface area contributed by atoms with Crippen LogP contribution in [0.2, 0.25) is 0 Å². The van der Waals surface area contributed by atoms with E-state index in [4.69, 9.17) is 0 Å². The maximum absolute atomic E-state index is 12.5. The third-order valence-electron chi connectivity index (χ3n) is 3.01. The predicted octanol–water partition coefficient (Wildman–Crippen LogP) is 1.25. The van der Waals surface area contributed by atoms with E-state index in [0.29, 0.717) is 25.7 Å². The number of hydrogen-bond acceptors (Lipinski definition) is 4. The molecule has 7 heteroatoms. The molecule has 0 unspecified atom stereocenters. The number of aryl methyl sites for hydroxylation is 1. The van der Waals surface area contributed by atoms with Gasteiger partial charge in [-0.25, -0.2) is 8.42 Å². The summed E-state index contributed by atoms with van der Waals surface area (Å²) >= 11 is 0. The van der Waals surface area contributed by atoms with Crippen LogP contribution in [0, 0.1) is 6.92 Å². The quantitative estimate of drug-likeness (QED) is 0.791. The standard InChI is InChI=1S/C12H24N4O2S/c1-6-16(7-2)19(17,18)12-11(8-13-9(3)4)10(5)14-15-12/h9,13H,6-8H2,1-5H3,(H,14,15). The zero-order valence-corrected chi connectivity index (χ0v) is 13.1. The van der Waals surface area contributed by atoms with Crippen LogP contribution in [0.1, 0.15) is 39.0 Å². The lowest BCUT2D eigenvalue weighted by Gasteiger charge is -2.18. The lowest BCUT2D eigenvalue weighted by molar-refractivity contribution is 0.441. The first-order valence-electron chi connectivity index (χ1n) is 6.61. The van der Waals surface area contributed by atoms with Gasteiger partial charge < -0.3 is 5.32 Å². The van der Waals surface area contributed by atoms with Crippen molar-refractivity contribution in [3.8, 4) is 0 Å². The van der Waals surface area contributed by atoms with Crippen molar-refractivity contribution in [3.05, 3.63) is 11.3 Å². The number of hydrogen-bond donors (Lipinski definition) is 2. The molecule has 110 valence electrons. The monoisotopic (exact) mass is 288 g/mol. The molecule has 0 fully saturated rings. The van der Waals surface area contributed by atoms with Crippen LogP contribution < -0.4 is 5.32 Å². The molecule has 0 bridgehead atoms. The second-order valence-electron chi connectivity index (χ2n) is 4.76. The van der Waals surface area contributed by atoms with E-state index < -0.39 is 10.0 Å². The molecule has 0 aromatic carbocycles. The smallest absolute Gasteiger partial charge is 0.262 e. The lowest BCUT2D eigenvalue weighted by Crippen LogP contribution is -2.32. The van der Waals surface area contributed by atoms with Crippen LogP contribution in [0.25, 0.3) is 0 Å². The molecule has 1 aromatic heterocycles. The molecular formula is C12H24N4O2S. The Labute approximate surface area is 115 Å². The van der Waals surface area contributed by atoms with Crippen molar-refractivity contribution in [2.45, 2.75) is 52.2 Å². The Morgan fingerprint density at radius 1 is 1.32 bits per heavy atom. The molecule has 1 aromatic rings. The summed E-state index contributed by atoms with van der Waals surface area (Å²) in [6.45, 7) is 10.9. The third-order valence-corrected chi connectivity index (χ3v) is 5.04. The minimum atomic E-state index is -3.51. The molecule has 0 aliphatic rings. The number of aromatic amines is 1. The van der Waals surface area contributed by atoms with E-state index in [9.17, 15) is 8.42 Å². The van der Waals surface area contributed by atoms with E-state index in [1.54, 1.807) is 0 Å². The van der Waals surface area contributed by atoms with Gasteiger partial charge in [-0.1, -0.05) is 27.7 Å². The molecule has 1 rings (SSSR count).